The van der Waals surface area contributed by atoms with Gasteiger partial charge in [-0.05, 0) is 54.8 Å². The van der Waals surface area contributed by atoms with E-state index in [-0.39, 0.29) is 36.3 Å². The van der Waals surface area contributed by atoms with Gasteiger partial charge in [-0.3, -0.25) is 4.79 Å². The Morgan fingerprint density at radius 2 is 1.86 bits per heavy atom. The molecule has 4 rings (SSSR count). The van der Waals surface area contributed by atoms with Gasteiger partial charge in [0.2, 0.25) is 15.9 Å². The van der Waals surface area contributed by atoms with Crippen molar-refractivity contribution < 1.29 is 22.3 Å². The van der Waals surface area contributed by atoms with Crippen molar-refractivity contribution in [3.05, 3.63) is 59.4 Å². The number of rotatable bonds is 4. The Morgan fingerprint density at radius 1 is 1.10 bits per heavy atom. The van der Waals surface area contributed by atoms with Crippen LogP contribution in [0.4, 0.5) is 10.1 Å². The molecule has 154 valence electrons. The van der Waals surface area contributed by atoms with Crippen LogP contribution in [0.2, 0.25) is 0 Å². The van der Waals surface area contributed by atoms with E-state index in [0.29, 0.717) is 18.5 Å². The van der Waals surface area contributed by atoms with Gasteiger partial charge in [0.05, 0.1) is 17.6 Å². The van der Waals surface area contributed by atoms with Crippen molar-refractivity contribution in [2.45, 2.75) is 30.8 Å². The van der Waals surface area contributed by atoms with E-state index < -0.39 is 16.1 Å². The van der Waals surface area contributed by atoms with Crippen molar-refractivity contribution in [2.24, 2.45) is 0 Å². The predicted molar refractivity (Wildman–Crippen MR) is 107 cm³/mol. The van der Waals surface area contributed by atoms with Crippen molar-refractivity contribution >= 4 is 21.6 Å². The molecule has 1 amide bonds. The number of amides is 1. The topological polar surface area (TPSA) is 66.9 Å². The normalized spacial score (nSPS) is 21.0. The van der Waals surface area contributed by atoms with Gasteiger partial charge in [-0.1, -0.05) is 12.1 Å². The van der Waals surface area contributed by atoms with Gasteiger partial charge in [-0.25, -0.2) is 12.8 Å². The second kappa shape index (κ2) is 7.85. The number of benzene rings is 2. The van der Waals surface area contributed by atoms with E-state index in [0.717, 1.165) is 17.7 Å². The number of carbonyl (C=O) groups is 1. The second-order valence-electron chi connectivity index (χ2n) is 7.37. The number of aryl methyl sites for hydroxylation is 1. The minimum Gasteiger partial charge on any atom is -0.371 e. The monoisotopic (exact) mass is 418 g/mol. The molecule has 0 aromatic heterocycles. The molecule has 2 aromatic carbocycles. The fourth-order valence-corrected chi connectivity index (χ4v) is 5.50. The first kappa shape index (κ1) is 20.0. The maximum absolute atomic E-state index is 13.3. The van der Waals surface area contributed by atoms with Gasteiger partial charge >= 0.3 is 0 Å². The molecule has 0 N–H and O–H groups in total. The molecule has 2 aromatic rings. The molecule has 2 saturated heterocycles. The smallest absolute Gasteiger partial charge is 0.243 e. The summed E-state index contributed by atoms with van der Waals surface area (Å²) in [5.41, 5.74) is 2.08. The van der Waals surface area contributed by atoms with E-state index in [1.54, 1.807) is 42.2 Å². The Kier molecular flexibility index (Phi) is 5.42. The number of halogens is 1. The molecule has 8 heteroatoms. The van der Waals surface area contributed by atoms with Crippen LogP contribution in [0, 0.1) is 12.7 Å². The molecule has 29 heavy (non-hydrogen) atoms. The molecule has 0 aliphatic carbocycles. The van der Waals surface area contributed by atoms with Crippen LogP contribution in [0.1, 0.15) is 30.1 Å². The molecule has 0 saturated carbocycles. The van der Waals surface area contributed by atoms with E-state index in [1.165, 1.54) is 16.4 Å². The van der Waals surface area contributed by atoms with E-state index in [2.05, 4.69) is 0 Å². The first-order chi connectivity index (χ1) is 13.9. The van der Waals surface area contributed by atoms with E-state index in [9.17, 15) is 17.6 Å². The maximum Gasteiger partial charge on any atom is 0.243 e. The molecule has 1 unspecified atom stereocenters. The summed E-state index contributed by atoms with van der Waals surface area (Å²) in [5, 5.41) is 0. The number of ether oxygens (including phenoxy) is 1. The summed E-state index contributed by atoms with van der Waals surface area (Å²) in [6.45, 7) is 3.09. The summed E-state index contributed by atoms with van der Waals surface area (Å²) < 4.78 is 46.8. The van der Waals surface area contributed by atoms with Gasteiger partial charge in [-0.15, -0.1) is 0 Å². The summed E-state index contributed by atoms with van der Waals surface area (Å²) in [5.74, 6) is -0.281. The fourth-order valence-electron chi connectivity index (χ4n) is 3.87. The molecule has 2 aliphatic heterocycles. The predicted octanol–water partition coefficient (Wildman–Crippen LogP) is 3.02. The van der Waals surface area contributed by atoms with Crippen molar-refractivity contribution in [3.8, 4) is 0 Å². The number of hydrogen-bond acceptors (Lipinski definition) is 4. The highest BCUT2D eigenvalue weighted by atomic mass is 32.2. The average Bonchev–Trinajstić information content (AvgIpc) is 3.14. The first-order valence-corrected chi connectivity index (χ1v) is 11.1. The minimum atomic E-state index is -3.72. The average molecular weight is 418 g/mol. The lowest BCUT2D eigenvalue weighted by Crippen LogP contribution is -2.42. The largest absolute Gasteiger partial charge is 0.371 e. The van der Waals surface area contributed by atoms with E-state index in [1.807, 2.05) is 0 Å². The lowest BCUT2D eigenvalue weighted by Gasteiger charge is -2.32. The van der Waals surface area contributed by atoms with E-state index >= 15 is 0 Å². The van der Waals surface area contributed by atoms with Gasteiger partial charge < -0.3 is 9.64 Å². The third-order valence-electron chi connectivity index (χ3n) is 5.43. The van der Waals surface area contributed by atoms with Crippen LogP contribution < -0.4 is 4.90 Å². The van der Waals surface area contributed by atoms with Gasteiger partial charge in [0.25, 0.3) is 0 Å². The number of sulfonamides is 1. The summed E-state index contributed by atoms with van der Waals surface area (Å²) in [6.07, 6.45) is 0.898. The number of anilines is 1. The molecule has 2 aliphatic rings. The Balaban J connectivity index is 1.57. The third kappa shape index (κ3) is 3.92. The zero-order valence-electron chi connectivity index (χ0n) is 16.2. The van der Waals surface area contributed by atoms with Crippen molar-refractivity contribution in [3.63, 3.8) is 0 Å². The highest BCUT2D eigenvalue weighted by Crippen LogP contribution is 2.30. The van der Waals surface area contributed by atoms with Gasteiger partial charge in [0.15, 0.2) is 0 Å². The summed E-state index contributed by atoms with van der Waals surface area (Å²) in [6, 6.07) is 10.9. The van der Waals surface area contributed by atoms with Crippen molar-refractivity contribution in [2.75, 3.05) is 31.1 Å². The Hall–Kier alpha value is -2.29. The van der Waals surface area contributed by atoms with Crippen LogP contribution in [-0.4, -0.2) is 44.9 Å². The number of carbonyl (C=O) groups excluding carboxylic acids is 1. The Bertz CT molecular complexity index is 1020. The molecular weight excluding hydrogens is 395 g/mol. The van der Waals surface area contributed by atoms with Crippen LogP contribution in [0.5, 0.6) is 0 Å². The van der Waals surface area contributed by atoms with E-state index in [4.69, 9.17) is 4.74 Å². The lowest BCUT2D eigenvalue weighted by molar-refractivity contribution is -0.117. The second-order valence-corrected chi connectivity index (χ2v) is 9.28. The number of nitrogens with zero attached hydrogens (tertiary/aromatic N) is 2. The lowest BCUT2D eigenvalue weighted by atomic mass is 10.1. The van der Waals surface area contributed by atoms with Crippen LogP contribution in [-0.2, 0) is 19.6 Å². The molecule has 6 nitrogen and oxygen atoms in total. The molecule has 1 atom stereocenters. The van der Waals surface area contributed by atoms with Crippen LogP contribution in [0.25, 0.3) is 0 Å². The first-order valence-electron chi connectivity index (χ1n) is 9.64. The molecule has 0 bridgehead atoms. The Morgan fingerprint density at radius 3 is 2.52 bits per heavy atom. The highest BCUT2D eigenvalue weighted by molar-refractivity contribution is 7.89. The molecular formula is C21H23FN2O4S. The zero-order valence-corrected chi connectivity index (χ0v) is 17.0. The number of hydrogen-bond donors (Lipinski definition) is 0. The van der Waals surface area contributed by atoms with Crippen molar-refractivity contribution in [1.82, 2.24) is 4.31 Å². The summed E-state index contributed by atoms with van der Waals surface area (Å²) in [7, 11) is -3.72. The molecule has 0 radical (unpaired) electrons. The highest BCUT2D eigenvalue weighted by Gasteiger charge is 2.33. The Labute approximate surface area is 169 Å². The van der Waals surface area contributed by atoms with Crippen LogP contribution in [0.3, 0.4) is 0 Å². The maximum atomic E-state index is 13.3. The zero-order chi connectivity index (χ0) is 20.6. The SMILES string of the molecule is Cc1cc(N2CCCC2=O)ccc1S(=O)(=O)N1CCOC(c2ccc(F)cc2)C1. The van der Waals surface area contributed by atoms with Gasteiger partial charge in [0, 0.05) is 31.7 Å². The number of morpholine rings is 1. The summed E-state index contributed by atoms with van der Waals surface area (Å²) >= 11 is 0. The quantitative estimate of drug-likeness (QED) is 0.766. The van der Waals surface area contributed by atoms with Crippen LogP contribution >= 0.6 is 0 Å². The molecule has 2 heterocycles. The standard InChI is InChI=1S/C21H23FN2O4S/c1-15-13-18(24-10-2-3-21(24)25)8-9-20(15)29(26,27)23-11-12-28-19(14-23)16-4-6-17(22)7-5-16/h4-9,13,19H,2-3,10-12,14H2,1H3. The fraction of sp³-hybridized carbons (Fsp3) is 0.381. The summed E-state index contributed by atoms with van der Waals surface area (Å²) in [4.78, 5) is 13.9. The van der Waals surface area contributed by atoms with Crippen molar-refractivity contribution in [1.29, 1.82) is 0 Å². The molecule has 2 fully saturated rings. The third-order valence-corrected chi connectivity index (χ3v) is 7.46. The van der Waals surface area contributed by atoms with Crippen LogP contribution in [0.15, 0.2) is 47.4 Å². The van der Waals surface area contributed by atoms with Gasteiger partial charge in [0.1, 0.15) is 5.82 Å². The van der Waals surface area contributed by atoms with Gasteiger partial charge in [-0.2, -0.15) is 4.31 Å². The molecule has 0 spiro atoms. The minimum absolute atomic E-state index is 0.0651.